The van der Waals surface area contributed by atoms with Gasteiger partial charge < -0.3 is 5.32 Å². The number of pyridine rings is 2. The lowest BCUT2D eigenvalue weighted by molar-refractivity contribution is 0.102. The van der Waals surface area contributed by atoms with E-state index in [4.69, 9.17) is 11.6 Å². The lowest BCUT2D eigenvalue weighted by Gasteiger charge is -2.09. The van der Waals surface area contributed by atoms with Gasteiger partial charge in [-0.2, -0.15) is 4.80 Å². The fourth-order valence-corrected chi connectivity index (χ4v) is 3.12. The fraction of sp³-hybridized carbons (Fsp3) is 0.143. The topological polar surface area (TPSA) is 98.5 Å². The number of aromatic nitrogens is 6. The maximum Gasteiger partial charge on any atom is 0.258 e. The standard InChI is InChI=1S/C21H18ClN7O/c1-3-29-27-20(26-28-29)14-4-6-18(22)16(10-14)15-5-7-19(24-11-15)25-21(30)17-12-23-9-8-13(17)2/h4-12H,3H2,1-2H3,(H,24,25,30). The first-order chi connectivity index (χ1) is 14.5. The van der Waals surface area contributed by atoms with Gasteiger partial charge in [0.15, 0.2) is 0 Å². The first-order valence-electron chi connectivity index (χ1n) is 9.31. The molecule has 4 rings (SSSR count). The summed E-state index contributed by atoms with van der Waals surface area (Å²) in [6.07, 6.45) is 4.84. The Morgan fingerprint density at radius 1 is 1.13 bits per heavy atom. The van der Waals surface area contributed by atoms with Crippen LogP contribution in [-0.4, -0.2) is 36.1 Å². The van der Waals surface area contributed by atoms with Gasteiger partial charge in [0.05, 0.1) is 12.1 Å². The molecule has 0 spiro atoms. The van der Waals surface area contributed by atoms with Crippen molar-refractivity contribution in [3.8, 4) is 22.5 Å². The van der Waals surface area contributed by atoms with Crippen molar-refractivity contribution in [3.05, 3.63) is 71.1 Å². The number of benzene rings is 1. The molecule has 0 saturated carbocycles. The van der Waals surface area contributed by atoms with Crippen molar-refractivity contribution in [3.63, 3.8) is 0 Å². The maximum absolute atomic E-state index is 12.4. The van der Waals surface area contributed by atoms with Gasteiger partial charge in [-0.1, -0.05) is 11.6 Å². The highest BCUT2D eigenvalue weighted by atomic mass is 35.5. The van der Waals surface area contributed by atoms with Crippen molar-refractivity contribution in [2.45, 2.75) is 20.4 Å². The van der Waals surface area contributed by atoms with Gasteiger partial charge in [0.2, 0.25) is 5.82 Å². The number of nitrogens with one attached hydrogen (secondary N) is 1. The summed E-state index contributed by atoms with van der Waals surface area (Å²) in [6.45, 7) is 4.44. The number of carbonyl (C=O) groups excluding carboxylic acids is 1. The van der Waals surface area contributed by atoms with Crippen LogP contribution in [0.15, 0.2) is 55.0 Å². The molecular formula is C21H18ClN7O. The molecular weight excluding hydrogens is 402 g/mol. The Hall–Kier alpha value is -3.65. The molecule has 0 atom stereocenters. The number of carbonyl (C=O) groups is 1. The highest BCUT2D eigenvalue weighted by molar-refractivity contribution is 6.33. The number of rotatable bonds is 5. The molecule has 9 heteroatoms. The molecule has 0 aliphatic carbocycles. The molecule has 0 aliphatic heterocycles. The van der Waals surface area contributed by atoms with Crippen LogP contribution in [0.3, 0.4) is 0 Å². The molecule has 4 aromatic rings. The second-order valence-electron chi connectivity index (χ2n) is 6.57. The molecule has 3 heterocycles. The molecule has 1 amide bonds. The van der Waals surface area contributed by atoms with E-state index in [-0.39, 0.29) is 5.91 Å². The molecule has 1 N–H and O–H groups in total. The Morgan fingerprint density at radius 3 is 2.67 bits per heavy atom. The molecule has 1 aromatic carbocycles. The van der Waals surface area contributed by atoms with Crippen LogP contribution in [0.1, 0.15) is 22.8 Å². The number of tetrazole rings is 1. The second-order valence-corrected chi connectivity index (χ2v) is 6.98. The Balaban J connectivity index is 1.57. The van der Waals surface area contributed by atoms with Crippen LogP contribution in [0.2, 0.25) is 5.02 Å². The van der Waals surface area contributed by atoms with Gasteiger partial charge in [0.25, 0.3) is 5.91 Å². The van der Waals surface area contributed by atoms with Crippen molar-refractivity contribution in [1.29, 1.82) is 0 Å². The zero-order valence-electron chi connectivity index (χ0n) is 16.4. The summed E-state index contributed by atoms with van der Waals surface area (Å²) in [6, 6.07) is 10.9. The van der Waals surface area contributed by atoms with E-state index < -0.39 is 0 Å². The number of halogens is 1. The fourth-order valence-electron chi connectivity index (χ4n) is 2.89. The average molecular weight is 420 g/mol. The number of amides is 1. The minimum absolute atomic E-state index is 0.258. The lowest BCUT2D eigenvalue weighted by Crippen LogP contribution is -2.14. The predicted molar refractivity (Wildman–Crippen MR) is 114 cm³/mol. The van der Waals surface area contributed by atoms with E-state index in [1.54, 1.807) is 30.6 Å². The smallest absolute Gasteiger partial charge is 0.258 e. The summed E-state index contributed by atoms with van der Waals surface area (Å²) in [5.41, 5.74) is 3.75. The minimum Gasteiger partial charge on any atom is -0.307 e. The van der Waals surface area contributed by atoms with Gasteiger partial charge in [-0.15, -0.1) is 10.2 Å². The van der Waals surface area contributed by atoms with E-state index in [0.717, 1.165) is 22.3 Å². The lowest BCUT2D eigenvalue weighted by atomic mass is 10.0. The zero-order chi connectivity index (χ0) is 21.1. The molecule has 150 valence electrons. The molecule has 0 fully saturated rings. The molecule has 30 heavy (non-hydrogen) atoms. The van der Waals surface area contributed by atoms with Gasteiger partial charge in [-0.05, 0) is 61.0 Å². The third-order valence-corrected chi connectivity index (χ3v) is 4.89. The molecule has 0 radical (unpaired) electrons. The van der Waals surface area contributed by atoms with Crippen LogP contribution >= 0.6 is 11.6 Å². The van der Waals surface area contributed by atoms with Crippen LogP contribution in [0.4, 0.5) is 5.82 Å². The van der Waals surface area contributed by atoms with Crippen molar-refractivity contribution in [2.75, 3.05) is 5.32 Å². The quantitative estimate of drug-likeness (QED) is 0.524. The van der Waals surface area contributed by atoms with Crippen LogP contribution in [0.5, 0.6) is 0 Å². The monoisotopic (exact) mass is 419 g/mol. The van der Waals surface area contributed by atoms with Gasteiger partial charge in [0.1, 0.15) is 5.82 Å². The summed E-state index contributed by atoms with van der Waals surface area (Å²) in [5.74, 6) is 0.705. The highest BCUT2D eigenvalue weighted by Gasteiger charge is 2.12. The number of nitrogens with zero attached hydrogens (tertiary/aromatic N) is 6. The SMILES string of the molecule is CCn1nnc(-c2ccc(Cl)c(-c3ccc(NC(=O)c4cnccc4C)nc3)c2)n1. The van der Waals surface area contributed by atoms with Crippen LogP contribution in [-0.2, 0) is 6.54 Å². The summed E-state index contributed by atoms with van der Waals surface area (Å²) < 4.78 is 0. The summed E-state index contributed by atoms with van der Waals surface area (Å²) in [4.78, 5) is 22.3. The third-order valence-electron chi connectivity index (χ3n) is 4.56. The first kappa shape index (κ1) is 19.7. The Kier molecular flexibility index (Phi) is 5.49. The Bertz CT molecular complexity index is 1200. The van der Waals surface area contributed by atoms with Gasteiger partial charge in [-0.3, -0.25) is 9.78 Å². The molecule has 8 nitrogen and oxygen atoms in total. The summed E-state index contributed by atoms with van der Waals surface area (Å²) >= 11 is 6.41. The largest absolute Gasteiger partial charge is 0.307 e. The Labute approximate surface area is 177 Å². The normalized spacial score (nSPS) is 10.8. The molecule has 0 saturated heterocycles. The molecule has 0 bridgehead atoms. The van der Waals surface area contributed by atoms with Crippen molar-refractivity contribution in [1.82, 2.24) is 30.2 Å². The molecule has 3 aromatic heterocycles. The van der Waals surface area contributed by atoms with E-state index in [9.17, 15) is 4.79 Å². The third kappa shape index (κ3) is 4.04. The van der Waals surface area contributed by atoms with Gasteiger partial charge in [-0.25, -0.2) is 4.98 Å². The van der Waals surface area contributed by atoms with Crippen molar-refractivity contribution < 1.29 is 4.79 Å². The summed E-state index contributed by atoms with van der Waals surface area (Å²) in [5, 5.41) is 15.8. The van der Waals surface area contributed by atoms with Crippen LogP contribution < -0.4 is 5.32 Å². The predicted octanol–water partition coefficient (Wildman–Crippen LogP) is 4.03. The molecule has 0 unspecified atom stereocenters. The maximum atomic E-state index is 12.4. The van der Waals surface area contributed by atoms with E-state index in [0.29, 0.717) is 28.8 Å². The second kappa shape index (κ2) is 8.38. The van der Waals surface area contributed by atoms with E-state index in [1.165, 1.54) is 11.0 Å². The highest BCUT2D eigenvalue weighted by Crippen LogP contribution is 2.31. The average Bonchev–Trinajstić information content (AvgIpc) is 3.24. The van der Waals surface area contributed by atoms with Crippen molar-refractivity contribution in [2.24, 2.45) is 0 Å². The van der Waals surface area contributed by atoms with Gasteiger partial charge >= 0.3 is 0 Å². The van der Waals surface area contributed by atoms with Crippen molar-refractivity contribution >= 4 is 23.3 Å². The number of hydrogen-bond acceptors (Lipinski definition) is 6. The minimum atomic E-state index is -0.258. The number of aryl methyl sites for hydroxylation is 2. The first-order valence-corrected chi connectivity index (χ1v) is 9.69. The summed E-state index contributed by atoms with van der Waals surface area (Å²) in [7, 11) is 0. The number of hydrogen-bond donors (Lipinski definition) is 1. The Morgan fingerprint density at radius 2 is 1.97 bits per heavy atom. The molecule has 0 aliphatic rings. The number of anilines is 1. The zero-order valence-corrected chi connectivity index (χ0v) is 17.1. The van der Waals surface area contributed by atoms with E-state index in [2.05, 4.69) is 30.7 Å². The van der Waals surface area contributed by atoms with Crippen LogP contribution in [0.25, 0.3) is 22.5 Å². The van der Waals surface area contributed by atoms with E-state index >= 15 is 0 Å². The van der Waals surface area contributed by atoms with Crippen LogP contribution in [0, 0.1) is 6.92 Å². The van der Waals surface area contributed by atoms with Gasteiger partial charge in [0, 0.05) is 40.3 Å². The van der Waals surface area contributed by atoms with E-state index in [1.807, 2.05) is 32.0 Å².